The molecule has 0 bridgehead atoms. The van der Waals surface area contributed by atoms with Gasteiger partial charge in [-0.25, -0.2) is 9.97 Å². The molecule has 0 aliphatic rings. The van der Waals surface area contributed by atoms with Crippen molar-refractivity contribution in [1.82, 2.24) is 14.4 Å². The molecule has 6 nitrogen and oxygen atoms in total. The number of ether oxygens (including phenoxy) is 1. The monoisotopic (exact) mass is 418 g/mol. The number of alkyl halides is 3. The molecular weight excluding hydrogens is 405 g/mol. The number of halogens is 3. The van der Waals surface area contributed by atoms with Gasteiger partial charge in [-0.3, -0.25) is 10.1 Å². The molecule has 0 fully saturated rings. The molecule has 3 aromatic heterocycles. The van der Waals surface area contributed by atoms with Crippen molar-refractivity contribution in [2.45, 2.75) is 6.18 Å². The summed E-state index contributed by atoms with van der Waals surface area (Å²) in [7, 11) is 0. The molecule has 1 aromatic carbocycles. The molecule has 1 amide bonds. The highest BCUT2D eigenvalue weighted by atomic mass is 32.1. The summed E-state index contributed by atoms with van der Waals surface area (Å²) in [6.45, 7) is -1.37. The summed E-state index contributed by atoms with van der Waals surface area (Å²) >= 11 is 1.30. The predicted octanol–water partition coefficient (Wildman–Crippen LogP) is 4.65. The van der Waals surface area contributed by atoms with Crippen LogP contribution in [0, 0.1) is 0 Å². The van der Waals surface area contributed by atoms with Gasteiger partial charge in [0.05, 0.1) is 11.3 Å². The van der Waals surface area contributed by atoms with Crippen LogP contribution in [0.3, 0.4) is 0 Å². The van der Waals surface area contributed by atoms with E-state index < -0.39 is 12.8 Å². The summed E-state index contributed by atoms with van der Waals surface area (Å²) in [5.74, 6) is -0.274. The van der Waals surface area contributed by atoms with Gasteiger partial charge in [-0.15, -0.1) is 11.3 Å². The Hall–Kier alpha value is -3.40. The zero-order valence-corrected chi connectivity index (χ0v) is 15.5. The molecular formula is C19H13F3N4O2S. The lowest BCUT2D eigenvalue weighted by atomic mass is 10.1. The molecule has 0 saturated heterocycles. The first-order chi connectivity index (χ1) is 13.9. The maximum Gasteiger partial charge on any atom is 0.422 e. The third-order valence-electron chi connectivity index (χ3n) is 3.91. The second kappa shape index (κ2) is 7.55. The molecule has 4 aromatic rings. The van der Waals surface area contributed by atoms with Crippen LogP contribution in [0.4, 0.5) is 18.3 Å². The average Bonchev–Trinajstić information content (AvgIpc) is 3.35. The maximum absolute atomic E-state index is 12.6. The van der Waals surface area contributed by atoms with E-state index in [0.29, 0.717) is 27.6 Å². The topological polar surface area (TPSA) is 68.5 Å². The Morgan fingerprint density at radius 2 is 2.10 bits per heavy atom. The quantitative estimate of drug-likeness (QED) is 0.512. The fourth-order valence-electron chi connectivity index (χ4n) is 2.69. The number of carbonyl (C=O) groups excluding carboxylic acids is 1. The molecule has 29 heavy (non-hydrogen) atoms. The van der Waals surface area contributed by atoms with Gasteiger partial charge >= 0.3 is 6.18 Å². The zero-order valence-electron chi connectivity index (χ0n) is 14.7. The number of carbonyl (C=O) groups is 1. The molecule has 4 rings (SSSR count). The van der Waals surface area contributed by atoms with Gasteiger partial charge in [0.1, 0.15) is 11.4 Å². The first kappa shape index (κ1) is 18.9. The molecule has 0 radical (unpaired) electrons. The predicted molar refractivity (Wildman–Crippen MR) is 102 cm³/mol. The minimum atomic E-state index is -4.42. The molecule has 0 unspecified atom stereocenters. The summed E-state index contributed by atoms with van der Waals surface area (Å²) in [5.41, 5.74) is 1.83. The van der Waals surface area contributed by atoms with Crippen LogP contribution in [0.15, 0.2) is 60.4 Å². The van der Waals surface area contributed by atoms with Crippen molar-refractivity contribution in [3.63, 3.8) is 0 Å². The van der Waals surface area contributed by atoms with Gasteiger partial charge in [0.2, 0.25) is 0 Å². The van der Waals surface area contributed by atoms with E-state index in [2.05, 4.69) is 15.3 Å². The number of imidazole rings is 1. The number of pyridine rings is 1. The number of nitrogens with zero attached hydrogens (tertiary/aromatic N) is 3. The minimum absolute atomic E-state index is 0.0821. The summed E-state index contributed by atoms with van der Waals surface area (Å²) in [6, 6.07) is 9.55. The lowest BCUT2D eigenvalue weighted by molar-refractivity contribution is -0.153. The number of thiazole rings is 1. The van der Waals surface area contributed by atoms with Crippen LogP contribution in [-0.2, 0) is 0 Å². The highest BCUT2D eigenvalue weighted by Gasteiger charge is 2.28. The van der Waals surface area contributed by atoms with Gasteiger partial charge in [-0.1, -0.05) is 12.1 Å². The standard InChI is InChI=1S/C19H13F3N4O2S/c20-19(21,22)11-28-13-4-1-3-12(9-13)15-10-26-7-2-5-14(16(26)24-15)17(27)25-18-23-6-8-29-18/h1-10H,11H2,(H,23,25,27). The van der Waals surface area contributed by atoms with Gasteiger partial charge < -0.3 is 9.14 Å². The Bertz CT molecular complexity index is 1160. The third kappa shape index (κ3) is 4.37. The smallest absolute Gasteiger partial charge is 0.422 e. The van der Waals surface area contributed by atoms with Gasteiger partial charge in [0, 0.05) is 29.5 Å². The van der Waals surface area contributed by atoms with Gasteiger partial charge in [0.25, 0.3) is 5.91 Å². The van der Waals surface area contributed by atoms with E-state index in [1.165, 1.54) is 23.5 Å². The van der Waals surface area contributed by atoms with E-state index in [0.717, 1.165) is 0 Å². The van der Waals surface area contributed by atoms with Crippen molar-refractivity contribution < 1.29 is 22.7 Å². The van der Waals surface area contributed by atoms with Gasteiger partial charge in [-0.2, -0.15) is 13.2 Å². The Kier molecular flexibility index (Phi) is 4.93. The van der Waals surface area contributed by atoms with Gasteiger partial charge in [0.15, 0.2) is 11.7 Å². The first-order valence-electron chi connectivity index (χ1n) is 8.37. The van der Waals surface area contributed by atoms with E-state index in [-0.39, 0.29) is 11.7 Å². The van der Waals surface area contributed by atoms with Crippen molar-refractivity contribution in [2.75, 3.05) is 11.9 Å². The Balaban J connectivity index is 1.63. The van der Waals surface area contributed by atoms with Crippen LogP contribution >= 0.6 is 11.3 Å². The van der Waals surface area contributed by atoms with Crippen LogP contribution in [0.1, 0.15) is 10.4 Å². The molecule has 0 spiro atoms. The largest absolute Gasteiger partial charge is 0.484 e. The van der Waals surface area contributed by atoms with E-state index in [9.17, 15) is 18.0 Å². The molecule has 0 saturated carbocycles. The Morgan fingerprint density at radius 3 is 2.86 bits per heavy atom. The summed E-state index contributed by atoms with van der Waals surface area (Å²) in [6.07, 6.45) is 0.593. The zero-order chi connectivity index (χ0) is 20.4. The number of benzene rings is 1. The molecule has 0 aliphatic heterocycles. The van der Waals surface area contributed by atoms with E-state index >= 15 is 0 Å². The molecule has 10 heteroatoms. The number of rotatable bonds is 5. The number of hydrogen-bond donors (Lipinski definition) is 1. The maximum atomic E-state index is 12.6. The normalized spacial score (nSPS) is 11.6. The molecule has 148 valence electrons. The van der Waals surface area contributed by atoms with Crippen LogP contribution < -0.4 is 10.1 Å². The third-order valence-corrected chi connectivity index (χ3v) is 4.60. The van der Waals surface area contributed by atoms with Crippen molar-refractivity contribution in [3.05, 3.63) is 65.9 Å². The van der Waals surface area contributed by atoms with Crippen molar-refractivity contribution in [3.8, 4) is 17.0 Å². The number of nitrogens with one attached hydrogen (secondary N) is 1. The fourth-order valence-corrected chi connectivity index (χ4v) is 3.21. The number of hydrogen-bond acceptors (Lipinski definition) is 5. The molecule has 1 N–H and O–H groups in total. The second-order valence-electron chi connectivity index (χ2n) is 6.00. The SMILES string of the molecule is O=C(Nc1nccs1)c1cccn2cc(-c3cccc(OCC(F)(F)F)c3)nc12. The van der Waals surface area contributed by atoms with E-state index in [1.54, 1.807) is 52.6 Å². The number of aromatic nitrogens is 3. The Labute approximate surface area is 166 Å². The van der Waals surface area contributed by atoms with E-state index in [4.69, 9.17) is 4.74 Å². The first-order valence-corrected chi connectivity index (χ1v) is 9.25. The van der Waals surface area contributed by atoms with Crippen LogP contribution in [0.25, 0.3) is 16.9 Å². The van der Waals surface area contributed by atoms with Crippen LogP contribution in [-0.4, -0.2) is 33.1 Å². The number of amides is 1. The Morgan fingerprint density at radius 1 is 1.24 bits per heavy atom. The van der Waals surface area contributed by atoms with Crippen LogP contribution in [0.5, 0.6) is 5.75 Å². The second-order valence-corrected chi connectivity index (χ2v) is 6.90. The average molecular weight is 418 g/mol. The molecule has 3 heterocycles. The minimum Gasteiger partial charge on any atom is -0.484 e. The number of anilines is 1. The van der Waals surface area contributed by atoms with Crippen molar-refractivity contribution in [1.29, 1.82) is 0 Å². The lowest BCUT2D eigenvalue weighted by Crippen LogP contribution is -2.19. The highest BCUT2D eigenvalue weighted by molar-refractivity contribution is 7.13. The van der Waals surface area contributed by atoms with E-state index in [1.807, 2.05) is 0 Å². The summed E-state index contributed by atoms with van der Waals surface area (Å²) in [4.78, 5) is 21.1. The lowest BCUT2D eigenvalue weighted by Gasteiger charge is -2.09. The highest BCUT2D eigenvalue weighted by Crippen LogP contribution is 2.26. The van der Waals surface area contributed by atoms with Crippen LogP contribution in [0.2, 0.25) is 0 Å². The molecule has 0 aliphatic carbocycles. The summed E-state index contributed by atoms with van der Waals surface area (Å²) in [5, 5.41) is 4.93. The molecule has 0 atom stereocenters. The van der Waals surface area contributed by atoms with Crippen molar-refractivity contribution >= 4 is 28.0 Å². The number of fused-ring (bicyclic) bond motifs is 1. The summed E-state index contributed by atoms with van der Waals surface area (Å²) < 4.78 is 43.6. The van der Waals surface area contributed by atoms with Gasteiger partial charge in [-0.05, 0) is 24.3 Å². The fraction of sp³-hybridized carbons (Fsp3) is 0.105. The van der Waals surface area contributed by atoms with Crippen molar-refractivity contribution in [2.24, 2.45) is 0 Å².